The van der Waals surface area contributed by atoms with E-state index in [1.54, 1.807) is 19.5 Å². The minimum absolute atomic E-state index is 0.0843. The van der Waals surface area contributed by atoms with Crippen LogP contribution in [0, 0.1) is 11.6 Å². The van der Waals surface area contributed by atoms with E-state index in [1.807, 2.05) is 21.3 Å². The van der Waals surface area contributed by atoms with E-state index in [0.717, 1.165) is 35.1 Å². The Morgan fingerprint density at radius 1 is 1.18 bits per heavy atom. The fourth-order valence-corrected chi connectivity index (χ4v) is 4.50. The Hall–Kier alpha value is -3.63. The first-order chi connectivity index (χ1) is 16.5. The summed E-state index contributed by atoms with van der Waals surface area (Å²) in [6.45, 7) is 0.718. The molecule has 0 unspecified atom stereocenters. The predicted molar refractivity (Wildman–Crippen MR) is 119 cm³/mol. The molecule has 2 aromatic heterocycles. The molecule has 34 heavy (non-hydrogen) atoms. The lowest BCUT2D eigenvalue weighted by Gasteiger charge is -2.09. The van der Waals surface area contributed by atoms with E-state index in [4.69, 9.17) is 21.1 Å². The van der Waals surface area contributed by atoms with Crippen molar-refractivity contribution < 1.29 is 18.3 Å². The van der Waals surface area contributed by atoms with Crippen molar-refractivity contribution in [3.05, 3.63) is 82.2 Å². The van der Waals surface area contributed by atoms with Gasteiger partial charge in [0, 0.05) is 23.3 Å². The Labute approximate surface area is 197 Å². The Morgan fingerprint density at radius 3 is 2.91 bits per heavy atom. The van der Waals surface area contributed by atoms with Gasteiger partial charge in [0.05, 0.1) is 17.9 Å². The minimum atomic E-state index is -0.672. The molecule has 0 bridgehead atoms. The van der Waals surface area contributed by atoms with Gasteiger partial charge in [0.25, 0.3) is 0 Å². The molecule has 0 aliphatic carbocycles. The molecule has 1 atom stereocenters. The zero-order valence-electron chi connectivity index (χ0n) is 17.9. The molecular weight excluding hydrogens is 466 g/mol. The summed E-state index contributed by atoms with van der Waals surface area (Å²) >= 11 is 6.29. The van der Waals surface area contributed by atoms with Gasteiger partial charge in [0.15, 0.2) is 11.6 Å². The summed E-state index contributed by atoms with van der Waals surface area (Å²) in [5, 5.41) is 9.23. The van der Waals surface area contributed by atoms with E-state index in [1.165, 1.54) is 0 Å². The number of hydrogen-bond acceptors (Lipinski definition) is 6. The first-order valence-corrected chi connectivity index (χ1v) is 10.8. The molecule has 0 fully saturated rings. The monoisotopic (exact) mass is 482 g/mol. The number of hydrogen-bond donors (Lipinski definition) is 0. The summed E-state index contributed by atoms with van der Waals surface area (Å²) in [6.07, 6.45) is 1.68. The van der Waals surface area contributed by atoms with Gasteiger partial charge in [0.1, 0.15) is 42.9 Å². The maximum absolute atomic E-state index is 14.3. The van der Waals surface area contributed by atoms with E-state index in [-0.39, 0.29) is 24.7 Å². The average Bonchev–Trinajstić information content (AvgIpc) is 3.54. The maximum Gasteiger partial charge on any atom is 0.238 e. The standard InChI is InChI=1S/C23H17ClF2N6O2/c1-33-10-20-29-30-22-15-6-12(24)2-5-18(15)32-11-27-21(19(32)8-31(20)22)23-28-17(9-34-23)14-7-13(25)3-4-16(14)26/h2-7,11,17H,8-10H2,1H3/t17-/m1/s1. The number of aliphatic imine (C=N–C) groups is 1. The molecule has 0 saturated heterocycles. The van der Waals surface area contributed by atoms with Crippen LogP contribution in [0.1, 0.15) is 28.8 Å². The Balaban J connectivity index is 1.48. The topological polar surface area (TPSA) is 79.3 Å². The largest absolute Gasteiger partial charge is 0.474 e. The lowest BCUT2D eigenvalue weighted by molar-refractivity contribution is 0.174. The molecule has 2 aliphatic rings. The van der Waals surface area contributed by atoms with Crippen LogP contribution >= 0.6 is 11.6 Å². The van der Waals surface area contributed by atoms with Gasteiger partial charge >= 0.3 is 0 Å². The predicted octanol–water partition coefficient (Wildman–Crippen LogP) is 4.09. The van der Waals surface area contributed by atoms with Crippen LogP contribution in [-0.2, 0) is 22.6 Å². The summed E-state index contributed by atoms with van der Waals surface area (Å²) in [5.74, 6) is 0.485. The number of benzene rings is 2. The Bertz CT molecular complexity index is 1460. The number of fused-ring (bicyclic) bond motifs is 5. The summed E-state index contributed by atoms with van der Waals surface area (Å²) in [5.41, 5.74) is 3.03. The van der Waals surface area contributed by atoms with Gasteiger partial charge in [-0.15, -0.1) is 10.2 Å². The number of rotatable bonds is 4. The van der Waals surface area contributed by atoms with Crippen LogP contribution in [-0.4, -0.2) is 43.9 Å². The molecule has 4 heterocycles. The second-order valence-corrected chi connectivity index (χ2v) is 8.39. The third-order valence-electron chi connectivity index (χ3n) is 5.90. The zero-order valence-corrected chi connectivity index (χ0v) is 18.6. The minimum Gasteiger partial charge on any atom is -0.474 e. The molecule has 8 nitrogen and oxygen atoms in total. The third-order valence-corrected chi connectivity index (χ3v) is 6.14. The second-order valence-electron chi connectivity index (χ2n) is 7.96. The van der Waals surface area contributed by atoms with Gasteiger partial charge in [-0.1, -0.05) is 11.6 Å². The van der Waals surface area contributed by atoms with Crippen LogP contribution in [0.2, 0.25) is 5.02 Å². The van der Waals surface area contributed by atoms with Crippen molar-refractivity contribution in [2.75, 3.05) is 13.7 Å². The van der Waals surface area contributed by atoms with Crippen LogP contribution in [0.3, 0.4) is 0 Å². The SMILES string of the molecule is COCc1nnc2n1Cc1c(C3=N[C@@H](c4cc(F)ccc4F)CO3)ncn1-c1ccc(Cl)cc1-2. The van der Waals surface area contributed by atoms with Gasteiger partial charge in [-0.3, -0.25) is 4.57 Å². The fraction of sp³-hybridized carbons (Fsp3) is 0.217. The van der Waals surface area contributed by atoms with E-state index in [2.05, 4.69) is 20.2 Å². The van der Waals surface area contributed by atoms with Crippen LogP contribution in [0.25, 0.3) is 17.1 Å². The normalized spacial score (nSPS) is 16.4. The van der Waals surface area contributed by atoms with Crippen molar-refractivity contribution >= 4 is 17.5 Å². The number of halogens is 3. The first-order valence-electron chi connectivity index (χ1n) is 10.5. The quantitative estimate of drug-likeness (QED) is 0.385. The van der Waals surface area contributed by atoms with E-state index in [9.17, 15) is 8.78 Å². The van der Waals surface area contributed by atoms with Crippen LogP contribution in [0.15, 0.2) is 47.7 Å². The molecule has 0 saturated carbocycles. The van der Waals surface area contributed by atoms with Gasteiger partial charge in [-0.05, 0) is 36.4 Å². The summed E-state index contributed by atoms with van der Waals surface area (Å²) < 4.78 is 43.0. The van der Waals surface area contributed by atoms with E-state index in [0.29, 0.717) is 28.9 Å². The fourth-order valence-electron chi connectivity index (χ4n) is 4.33. The third kappa shape index (κ3) is 3.29. The molecule has 172 valence electrons. The highest BCUT2D eigenvalue weighted by Gasteiger charge is 2.31. The van der Waals surface area contributed by atoms with Gasteiger partial charge in [0.2, 0.25) is 5.90 Å². The maximum atomic E-state index is 14.3. The summed E-state index contributed by atoms with van der Waals surface area (Å²) in [6, 6.07) is 8.14. The lowest BCUT2D eigenvalue weighted by atomic mass is 10.1. The highest BCUT2D eigenvalue weighted by Crippen LogP contribution is 2.35. The number of ether oxygens (including phenoxy) is 2. The zero-order chi connectivity index (χ0) is 23.4. The Kier molecular flexibility index (Phi) is 4.93. The molecule has 0 radical (unpaired) electrons. The van der Waals surface area contributed by atoms with Crippen molar-refractivity contribution in [2.45, 2.75) is 19.2 Å². The van der Waals surface area contributed by atoms with Crippen molar-refractivity contribution in [3.63, 3.8) is 0 Å². The molecule has 2 aromatic carbocycles. The number of imidazole rings is 1. The molecule has 11 heteroatoms. The number of nitrogens with zero attached hydrogens (tertiary/aromatic N) is 6. The van der Waals surface area contributed by atoms with E-state index >= 15 is 0 Å². The van der Waals surface area contributed by atoms with Crippen LogP contribution in [0.4, 0.5) is 8.78 Å². The molecule has 6 rings (SSSR count). The molecule has 4 aromatic rings. The molecule has 0 amide bonds. The highest BCUT2D eigenvalue weighted by atomic mass is 35.5. The van der Waals surface area contributed by atoms with Gasteiger partial charge in [-0.2, -0.15) is 0 Å². The van der Waals surface area contributed by atoms with Crippen molar-refractivity contribution in [1.82, 2.24) is 24.3 Å². The smallest absolute Gasteiger partial charge is 0.238 e. The first kappa shape index (κ1) is 20.9. The molecule has 2 aliphatic heterocycles. The second kappa shape index (κ2) is 8.00. The lowest BCUT2D eigenvalue weighted by Crippen LogP contribution is -2.13. The summed E-state index contributed by atoms with van der Waals surface area (Å²) in [7, 11) is 1.59. The van der Waals surface area contributed by atoms with E-state index < -0.39 is 17.7 Å². The van der Waals surface area contributed by atoms with Crippen molar-refractivity contribution in [1.29, 1.82) is 0 Å². The average molecular weight is 483 g/mol. The Morgan fingerprint density at radius 2 is 2.06 bits per heavy atom. The number of methoxy groups -OCH3 is 1. The number of aromatic nitrogens is 5. The molecular formula is C23H17ClF2N6O2. The van der Waals surface area contributed by atoms with Crippen molar-refractivity contribution in [2.24, 2.45) is 4.99 Å². The van der Waals surface area contributed by atoms with Gasteiger partial charge in [-0.25, -0.2) is 18.8 Å². The van der Waals surface area contributed by atoms with Gasteiger partial charge < -0.3 is 14.0 Å². The molecule has 0 spiro atoms. The van der Waals surface area contributed by atoms with Crippen LogP contribution < -0.4 is 0 Å². The summed E-state index contributed by atoms with van der Waals surface area (Å²) in [4.78, 5) is 9.10. The molecule has 0 N–H and O–H groups in total. The van der Waals surface area contributed by atoms with Crippen molar-refractivity contribution in [3.8, 4) is 17.1 Å². The highest BCUT2D eigenvalue weighted by molar-refractivity contribution is 6.31. The van der Waals surface area contributed by atoms with Crippen LogP contribution in [0.5, 0.6) is 0 Å².